The molecular formula is C33H47FN2O. The highest BCUT2D eigenvalue weighted by molar-refractivity contribution is 6.04. The molecule has 0 amide bonds. The molecule has 1 N–H and O–H groups in total. The first-order valence-corrected chi connectivity index (χ1v) is 13.7. The second kappa shape index (κ2) is 14.4. The van der Waals surface area contributed by atoms with E-state index in [1.165, 1.54) is 6.07 Å². The fraction of sp³-hybridized carbons (Fsp3) is 0.515. The number of ketones is 1. The first-order valence-electron chi connectivity index (χ1n) is 13.7. The van der Waals surface area contributed by atoms with E-state index in [2.05, 4.69) is 57.2 Å². The van der Waals surface area contributed by atoms with Gasteiger partial charge in [0.05, 0.1) is 0 Å². The van der Waals surface area contributed by atoms with Crippen molar-refractivity contribution in [2.45, 2.75) is 85.6 Å². The summed E-state index contributed by atoms with van der Waals surface area (Å²) < 4.78 is 14.0. The van der Waals surface area contributed by atoms with E-state index in [9.17, 15) is 9.18 Å². The highest BCUT2D eigenvalue weighted by Gasteiger charge is 2.30. The molecule has 0 aromatic heterocycles. The number of benzene rings is 1. The molecule has 1 aliphatic carbocycles. The summed E-state index contributed by atoms with van der Waals surface area (Å²) in [5.41, 5.74) is 6.98. The number of carbonyl (C=O) groups excluding carboxylic acids is 1. The van der Waals surface area contributed by atoms with Crippen LogP contribution >= 0.6 is 0 Å². The number of hydrogen-bond donors (Lipinski definition) is 1. The molecule has 1 aromatic rings. The molecule has 0 spiro atoms. The van der Waals surface area contributed by atoms with E-state index >= 15 is 0 Å². The van der Waals surface area contributed by atoms with Crippen molar-refractivity contribution in [2.75, 3.05) is 13.6 Å². The number of carbonyl (C=O) groups is 1. The van der Waals surface area contributed by atoms with E-state index in [1.54, 1.807) is 19.2 Å². The van der Waals surface area contributed by atoms with Crippen LogP contribution in [0.25, 0.3) is 0 Å². The third kappa shape index (κ3) is 9.03. The summed E-state index contributed by atoms with van der Waals surface area (Å²) in [5, 5.41) is 3.61. The van der Waals surface area contributed by atoms with Gasteiger partial charge >= 0.3 is 0 Å². The van der Waals surface area contributed by atoms with Gasteiger partial charge in [0.1, 0.15) is 11.6 Å². The molecule has 3 atom stereocenters. The van der Waals surface area contributed by atoms with E-state index in [-0.39, 0.29) is 17.7 Å². The minimum atomic E-state index is -0.242. The first-order chi connectivity index (χ1) is 17.4. The number of Topliss-reactive ketones (excluding diaryl/α,β-unsaturated/α-hetero) is 1. The second-order valence-corrected chi connectivity index (χ2v) is 11.1. The minimum Gasteiger partial charge on any atom is -0.314 e. The number of aliphatic imine (C=N–C) groups is 1. The lowest BCUT2D eigenvalue weighted by molar-refractivity contribution is -0.117. The highest BCUT2D eigenvalue weighted by Crippen LogP contribution is 2.40. The molecule has 202 valence electrons. The number of nitrogens with zero attached hydrogens (tertiary/aromatic N) is 1. The van der Waals surface area contributed by atoms with Crippen molar-refractivity contribution >= 4 is 11.5 Å². The lowest BCUT2D eigenvalue weighted by Gasteiger charge is -2.26. The summed E-state index contributed by atoms with van der Waals surface area (Å²) in [4.78, 5) is 17.0. The van der Waals surface area contributed by atoms with Gasteiger partial charge in [-0.15, -0.1) is 0 Å². The Morgan fingerprint density at radius 3 is 2.43 bits per heavy atom. The number of halogens is 1. The van der Waals surface area contributed by atoms with E-state index in [0.717, 1.165) is 64.9 Å². The lowest BCUT2D eigenvalue weighted by atomic mass is 9.79. The van der Waals surface area contributed by atoms with Crippen LogP contribution in [-0.2, 0) is 4.79 Å². The molecule has 3 nitrogen and oxygen atoms in total. The fourth-order valence-corrected chi connectivity index (χ4v) is 5.05. The molecular weight excluding hydrogens is 459 g/mol. The highest BCUT2D eigenvalue weighted by atomic mass is 19.1. The Labute approximate surface area is 224 Å². The van der Waals surface area contributed by atoms with Gasteiger partial charge in [-0.3, -0.25) is 9.79 Å². The van der Waals surface area contributed by atoms with Gasteiger partial charge in [0, 0.05) is 37.2 Å². The van der Waals surface area contributed by atoms with Crippen molar-refractivity contribution in [2.24, 2.45) is 16.8 Å². The summed E-state index contributed by atoms with van der Waals surface area (Å²) >= 11 is 0. The largest absolute Gasteiger partial charge is 0.314 e. The maximum absolute atomic E-state index is 14.0. The molecule has 0 saturated heterocycles. The summed E-state index contributed by atoms with van der Waals surface area (Å²) in [6.45, 7) is 22.6. The number of allylic oxidation sites excluding steroid dienone is 6. The van der Waals surface area contributed by atoms with Crippen LogP contribution in [0.5, 0.6) is 0 Å². The molecule has 37 heavy (non-hydrogen) atoms. The third-order valence-corrected chi connectivity index (χ3v) is 7.26. The molecule has 4 heteroatoms. The quantitative estimate of drug-likeness (QED) is 0.217. The number of nitrogens with one attached hydrogen (secondary N) is 1. The standard InChI is InChI=1S/C33H47FN2O/c1-21(2)20-36-25(7)14-13-23(5)32(22(3)4)33(26(8)35-9)31(28-15-16-30(37)19-28)17-24(6)27-11-10-12-29(34)18-27/h10-12,17-18,21,24-25,28,36H,3,5,13-16,19-20H2,1-2,4,6-9H3/b31-17-,33-32-,35-26?/t24?,25-,28?/m1/s1. The predicted octanol–water partition coefficient (Wildman–Crippen LogP) is 8.16. The average molecular weight is 507 g/mol. The summed E-state index contributed by atoms with van der Waals surface area (Å²) in [5.74, 6) is 0.729. The molecule has 0 heterocycles. The van der Waals surface area contributed by atoms with Crippen molar-refractivity contribution in [3.05, 3.63) is 82.7 Å². The Morgan fingerprint density at radius 2 is 1.89 bits per heavy atom. The average Bonchev–Trinajstić information content (AvgIpc) is 3.28. The molecule has 2 unspecified atom stereocenters. The molecule has 1 saturated carbocycles. The monoisotopic (exact) mass is 506 g/mol. The van der Waals surface area contributed by atoms with E-state index in [0.29, 0.717) is 30.6 Å². The van der Waals surface area contributed by atoms with Gasteiger partial charge in [-0.1, -0.05) is 57.7 Å². The Hall–Kier alpha value is -2.59. The van der Waals surface area contributed by atoms with Crippen LogP contribution in [0.1, 0.15) is 85.1 Å². The van der Waals surface area contributed by atoms with Crippen LogP contribution in [0.3, 0.4) is 0 Å². The van der Waals surface area contributed by atoms with Crippen LogP contribution in [0, 0.1) is 17.7 Å². The van der Waals surface area contributed by atoms with Crippen molar-refractivity contribution < 1.29 is 9.18 Å². The molecule has 0 radical (unpaired) electrons. The van der Waals surface area contributed by atoms with Crippen molar-refractivity contribution in [1.29, 1.82) is 0 Å². The Kier molecular flexibility index (Phi) is 11.9. The summed E-state index contributed by atoms with van der Waals surface area (Å²) in [6, 6.07) is 7.14. The van der Waals surface area contributed by atoms with Gasteiger partial charge < -0.3 is 5.32 Å². The zero-order valence-electron chi connectivity index (χ0n) is 24.1. The first kappa shape index (κ1) is 30.6. The molecule has 1 aliphatic rings. The van der Waals surface area contributed by atoms with Gasteiger partial charge in [0.25, 0.3) is 0 Å². The fourth-order valence-electron chi connectivity index (χ4n) is 5.05. The second-order valence-electron chi connectivity index (χ2n) is 11.1. The van der Waals surface area contributed by atoms with E-state index in [4.69, 9.17) is 0 Å². The van der Waals surface area contributed by atoms with Crippen LogP contribution in [-0.4, -0.2) is 31.1 Å². The van der Waals surface area contributed by atoms with Crippen LogP contribution in [0.15, 0.2) is 76.4 Å². The van der Waals surface area contributed by atoms with E-state index in [1.807, 2.05) is 19.9 Å². The molecule has 0 aliphatic heterocycles. The van der Waals surface area contributed by atoms with Gasteiger partial charge in [0.15, 0.2) is 0 Å². The normalized spacial score (nSPS) is 19.2. The van der Waals surface area contributed by atoms with Crippen molar-refractivity contribution in [3.63, 3.8) is 0 Å². The maximum atomic E-state index is 14.0. The van der Waals surface area contributed by atoms with Gasteiger partial charge in [-0.05, 0) is 98.7 Å². The van der Waals surface area contributed by atoms with Gasteiger partial charge in [0.2, 0.25) is 0 Å². The smallest absolute Gasteiger partial charge is 0.133 e. The van der Waals surface area contributed by atoms with Crippen molar-refractivity contribution in [1.82, 2.24) is 5.32 Å². The van der Waals surface area contributed by atoms with Crippen molar-refractivity contribution in [3.8, 4) is 0 Å². The summed E-state index contributed by atoms with van der Waals surface area (Å²) in [6.07, 6.45) is 5.95. The number of hydrogen-bond acceptors (Lipinski definition) is 3. The minimum absolute atomic E-state index is 0.0269. The zero-order chi connectivity index (χ0) is 27.7. The molecule has 1 fully saturated rings. The Morgan fingerprint density at radius 1 is 1.19 bits per heavy atom. The zero-order valence-corrected chi connectivity index (χ0v) is 24.1. The lowest BCUT2D eigenvalue weighted by Crippen LogP contribution is -2.29. The Balaban J connectivity index is 2.58. The topological polar surface area (TPSA) is 41.5 Å². The van der Waals surface area contributed by atoms with Crippen LogP contribution < -0.4 is 5.32 Å². The van der Waals surface area contributed by atoms with Crippen LogP contribution in [0.4, 0.5) is 4.39 Å². The van der Waals surface area contributed by atoms with Gasteiger partial charge in [-0.25, -0.2) is 4.39 Å². The Bertz CT molecular complexity index is 1080. The van der Waals surface area contributed by atoms with Gasteiger partial charge in [-0.2, -0.15) is 0 Å². The van der Waals surface area contributed by atoms with E-state index < -0.39 is 0 Å². The molecule has 1 aromatic carbocycles. The maximum Gasteiger partial charge on any atom is 0.133 e. The molecule has 2 rings (SSSR count). The van der Waals surface area contributed by atoms with Crippen LogP contribution in [0.2, 0.25) is 0 Å². The number of rotatable bonds is 13. The molecule has 0 bridgehead atoms. The summed E-state index contributed by atoms with van der Waals surface area (Å²) in [7, 11) is 1.81. The SMILES string of the molecule is C=C(C)/C(C(=C)CC[C@@H](C)NCC(C)C)=C(C(C)=NC)/C(=C\C(C)c1cccc(F)c1)C1CCC(=O)C1. The third-order valence-electron chi connectivity index (χ3n) is 7.26. The predicted molar refractivity (Wildman–Crippen MR) is 157 cm³/mol.